The fourth-order valence-electron chi connectivity index (χ4n) is 2.33. The van der Waals surface area contributed by atoms with E-state index >= 15 is 0 Å². The highest BCUT2D eigenvalue weighted by molar-refractivity contribution is 9.10. The van der Waals surface area contributed by atoms with E-state index in [1.54, 1.807) is 6.92 Å². The molecule has 0 fully saturated rings. The van der Waals surface area contributed by atoms with E-state index in [1.807, 2.05) is 12.1 Å². The van der Waals surface area contributed by atoms with Crippen LogP contribution in [0.15, 0.2) is 35.3 Å². The molecule has 0 unspecified atom stereocenters. The summed E-state index contributed by atoms with van der Waals surface area (Å²) in [6, 6.07) is 9.03. The van der Waals surface area contributed by atoms with Crippen molar-refractivity contribution in [2.45, 2.75) is 6.92 Å². The lowest BCUT2D eigenvalue weighted by Gasteiger charge is -2.08. The van der Waals surface area contributed by atoms with Gasteiger partial charge in [-0.3, -0.25) is 20.2 Å². The van der Waals surface area contributed by atoms with E-state index in [4.69, 9.17) is 20.0 Å². The summed E-state index contributed by atoms with van der Waals surface area (Å²) in [6.45, 7) is 5.39. The Kier molecular flexibility index (Phi) is 8.47. The molecule has 0 atom stereocenters. The first kappa shape index (κ1) is 24.1. The number of nitriles is 2. The average molecular weight is 475 g/mol. The quantitative estimate of drug-likeness (QED) is 0.444. The predicted molar refractivity (Wildman–Crippen MR) is 111 cm³/mol. The van der Waals surface area contributed by atoms with Gasteiger partial charge in [0.25, 0.3) is 0 Å². The van der Waals surface area contributed by atoms with E-state index < -0.39 is 9.85 Å². The smallest absolute Gasteiger partial charge is 0.313 e. The number of halogens is 1. The van der Waals surface area contributed by atoms with E-state index in [1.165, 1.54) is 38.5 Å². The zero-order valence-electron chi connectivity index (χ0n) is 16.1. The van der Waals surface area contributed by atoms with Gasteiger partial charge in [0, 0.05) is 17.7 Å². The maximum absolute atomic E-state index is 10.8. The second-order valence-electron chi connectivity index (χ2n) is 5.60. The zero-order chi connectivity index (χ0) is 23.0. The lowest BCUT2D eigenvalue weighted by Crippen LogP contribution is -1.98. The molecule has 0 spiro atoms. The van der Waals surface area contributed by atoms with Gasteiger partial charge in [0.15, 0.2) is 0 Å². The Bertz CT molecular complexity index is 1070. The molecule has 0 saturated heterocycles. The molecule has 0 aromatic heterocycles. The molecular formula is C19H15BrN4O6. The van der Waals surface area contributed by atoms with Crippen molar-refractivity contribution in [2.24, 2.45) is 0 Å². The number of nitro groups is 2. The van der Waals surface area contributed by atoms with Gasteiger partial charge >= 0.3 is 11.4 Å². The maximum Gasteiger partial charge on any atom is 0.313 e. The van der Waals surface area contributed by atoms with Crippen LogP contribution in [0.2, 0.25) is 0 Å². The molecule has 2 rings (SSSR count). The van der Waals surface area contributed by atoms with E-state index in [0.29, 0.717) is 15.6 Å². The Morgan fingerprint density at radius 1 is 0.967 bits per heavy atom. The van der Waals surface area contributed by atoms with Gasteiger partial charge < -0.3 is 9.47 Å². The monoisotopic (exact) mass is 474 g/mol. The maximum atomic E-state index is 10.8. The lowest BCUT2D eigenvalue weighted by atomic mass is 10.0. The van der Waals surface area contributed by atoms with Crippen molar-refractivity contribution in [3.8, 4) is 23.6 Å². The molecule has 0 N–H and O–H groups in total. The Balaban J connectivity index is 0.000000303. The Morgan fingerprint density at radius 3 is 1.77 bits per heavy atom. The van der Waals surface area contributed by atoms with Gasteiger partial charge in [0.2, 0.25) is 11.5 Å². The summed E-state index contributed by atoms with van der Waals surface area (Å²) in [5.74, 6) is 0.255. The van der Waals surface area contributed by atoms with Crippen molar-refractivity contribution < 1.29 is 19.3 Å². The summed E-state index contributed by atoms with van der Waals surface area (Å²) in [7, 11) is 2.68. The van der Waals surface area contributed by atoms with Gasteiger partial charge in [0.05, 0.1) is 51.8 Å². The van der Waals surface area contributed by atoms with Crippen LogP contribution in [0.25, 0.3) is 5.57 Å². The highest BCUT2D eigenvalue weighted by Gasteiger charge is 2.21. The van der Waals surface area contributed by atoms with Crippen molar-refractivity contribution in [3.05, 3.63) is 72.2 Å². The fourth-order valence-corrected chi connectivity index (χ4v) is 2.94. The number of nitrogens with zero attached hydrogens (tertiary/aromatic N) is 4. The number of hydrogen-bond donors (Lipinski definition) is 0. The summed E-state index contributed by atoms with van der Waals surface area (Å²) in [5, 5.41) is 38.8. The molecule has 0 amide bonds. The van der Waals surface area contributed by atoms with Crippen LogP contribution >= 0.6 is 15.9 Å². The van der Waals surface area contributed by atoms with Crippen LogP contribution < -0.4 is 9.47 Å². The molecule has 0 radical (unpaired) electrons. The van der Waals surface area contributed by atoms with Gasteiger partial charge in [-0.2, -0.15) is 10.5 Å². The number of allylic oxidation sites excluding steroid dienone is 1. The largest absolute Gasteiger partial charge is 0.490 e. The number of nitro benzene ring substituents is 2. The Hall–Kier alpha value is -3.96. The molecule has 0 bridgehead atoms. The normalized spacial score (nSPS) is 9.27. The summed E-state index contributed by atoms with van der Waals surface area (Å²) in [6.07, 6.45) is 0. The first-order valence-corrected chi connectivity index (χ1v) is 8.74. The van der Waals surface area contributed by atoms with E-state index in [0.717, 1.165) is 0 Å². The van der Waals surface area contributed by atoms with Crippen LogP contribution in [0.1, 0.15) is 23.6 Å². The summed E-state index contributed by atoms with van der Waals surface area (Å²) in [4.78, 5) is 20.2. The summed E-state index contributed by atoms with van der Waals surface area (Å²) in [5.41, 5.74) is 1.07. The first-order valence-electron chi connectivity index (χ1n) is 7.95. The van der Waals surface area contributed by atoms with E-state index in [-0.39, 0.29) is 34.0 Å². The van der Waals surface area contributed by atoms with Crippen LogP contribution in [0, 0.1) is 42.9 Å². The van der Waals surface area contributed by atoms with Gasteiger partial charge in [-0.15, -0.1) is 0 Å². The number of hydrogen-bond acceptors (Lipinski definition) is 8. The van der Waals surface area contributed by atoms with Gasteiger partial charge in [-0.05, 0) is 40.6 Å². The minimum atomic E-state index is -0.593. The van der Waals surface area contributed by atoms with E-state index in [9.17, 15) is 20.2 Å². The Morgan fingerprint density at radius 2 is 1.40 bits per heavy atom. The van der Waals surface area contributed by atoms with Gasteiger partial charge in [0.1, 0.15) is 0 Å². The third-order valence-corrected chi connectivity index (χ3v) is 4.20. The molecule has 0 saturated carbocycles. The lowest BCUT2D eigenvalue weighted by molar-refractivity contribution is -0.386. The topological polar surface area (TPSA) is 152 Å². The SMILES string of the molecule is C=C(C)c1cc(C#N)cc([N+](=O)[O-])c1OC.COc1c(Br)cc(C#N)cc1[N+](=O)[O-]. The van der Waals surface area contributed by atoms with Crippen molar-refractivity contribution in [1.29, 1.82) is 10.5 Å². The molecule has 30 heavy (non-hydrogen) atoms. The standard InChI is InChI=1S/C11H10N2O3.C8H5BrN2O3/c1-7(2)9-4-8(6-12)5-10(13(14)15)11(9)16-3;1-14-8-6(9)2-5(4-10)3-7(8)11(12)13/h4-5H,1H2,2-3H3;2-3H,1H3. The summed E-state index contributed by atoms with van der Waals surface area (Å²) < 4.78 is 10.2. The van der Waals surface area contributed by atoms with Crippen molar-refractivity contribution in [3.63, 3.8) is 0 Å². The molecule has 0 aliphatic rings. The molecule has 2 aromatic rings. The van der Waals surface area contributed by atoms with Crippen LogP contribution in [0.3, 0.4) is 0 Å². The molecule has 154 valence electrons. The highest BCUT2D eigenvalue weighted by atomic mass is 79.9. The minimum absolute atomic E-state index is 0.119. The zero-order valence-corrected chi connectivity index (χ0v) is 17.7. The van der Waals surface area contributed by atoms with Crippen LogP contribution in [0.5, 0.6) is 11.5 Å². The van der Waals surface area contributed by atoms with Gasteiger partial charge in [-0.1, -0.05) is 6.58 Å². The van der Waals surface area contributed by atoms with Crippen molar-refractivity contribution >= 4 is 32.9 Å². The van der Waals surface area contributed by atoms with Crippen molar-refractivity contribution in [2.75, 3.05) is 14.2 Å². The Labute approximate surface area is 180 Å². The second kappa shape index (κ2) is 10.5. The minimum Gasteiger partial charge on any atom is -0.490 e. The summed E-state index contributed by atoms with van der Waals surface area (Å²) >= 11 is 3.09. The van der Waals surface area contributed by atoms with Gasteiger partial charge in [-0.25, -0.2) is 0 Å². The van der Waals surface area contributed by atoms with Crippen LogP contribution in [-0.4, -0.2) is 24.1 Å². The first-order chi connectivity index (χ1) is 14.1. The molecule has 11 heteroatoms. The average Bonchev–Trinajstić information content (AvgIpc) is 2.72. The fraction of sp³-hybridized carbons (Fsp3) is 0.158. The molecular weight excluding hydrogens is 460 g/mol. The molecule has 0 heterocycles. The molecule has 0 aliphatic carbocycles. The number of benzene rings is 2. The van der Waals surface area contributed by atoms with Crippen molar-refractivity contribution in [1.82, 2.24) is 0 Å². The molecule has 0 aliphatic heterocycles. The second-order valence-corrected chi connectivity index (χ2v) is 6.46. The third-order valence-electron chi connectivity index (χ3n) is 3.61. The molecule has 2 aromatic carbocycles. The van der Waals surface area contributed by atoms with Crippen LogP contribution in [-0.2, 0) is 0 Å². The highest BCUT2D eigenvalue weighted by Crippen LogP contribution is 2.36. The van der Waals surface area contributed by atoms with Crippen LogP contribution in [0.4, 0.5) is 11.4 Å². The number of ether oxygens (including phenoxy) is 2. The third kappa shape index (κ3) is 5.53. The predicted octanol–water partition coefficient (Wildman–Crippen LogP) is 4.75. The number of rotatable bonds is 5. The number of methoxy groups -OCH3 is 2. The van der Waals surface area contributed by atoms with E-state index in [2.05, 4.69) is 22.5 Å². The molecule has 10 nitrogen and oxygen atoms in total.